The predicted molar refractivity (Wildman–Crippen MR) is 97.0 cm³/mol. The fraction of sp³-hybridized carbons (Fsp3) is 0.400. The van der Waals surface area contributed by atoms with E-state index < -0.39 is 0 Å². The van der Waals surface area contributed by atoms with E-state index in [2.05, 4.69) is 39.3 Å². The van der Waals surface area contributed by atoms with Crippen molar-refractivity contribution in [3.05, 3.63) is 58.7 Å². The maximum atomic E-state index is 13.3. The lowest BCUT2D eigenvalue weighted by Crippen LogP contribution is -2.36. The summed E-state index contributed by atoms with van der Waals surface area (Å²) in [4.78, 5) is 24.2. The number of carbonyl (C=O) groups is 1. The first-order valence-electron chi connectivity index (χ1n) is 9.23. The van der Waals surface area contributed by atoms with Crippen LogP contribution in [0.5, 0.6) is 0 Å². The molecule has 5 rings (SSSR count). The minimum Gasteiger partial charge on any atom is -0.326 e. The molecule has 6 heteroatoms. The second kappa shape index (κ2) is 5.62. The first-order chi connectivity index (χ1) is 12.6. The second-order valence-electron chi connectivity index (χ2n) is 7.38. The van der Waals surface area contributed by atoms with E-state index in [-0.39, 0.29) is 17.8 Å². The molecule has 0 radical (unpaired) electrons. The minimum absolute atomic E-state index is 0.0724. The molecule has 2 aliphatic rings. The van der Waals surface area contributed by atoms with Gasteiger partial charge in [0.1, 0.15) is 0 Å². The molecule has 26 heavy (non-hydrogen) atoms. The lowest BCUT2D eigenvalue weighted by molar-refractivity contribution is 0.0645. The number of aromatic nitrogens is 4. The van der Waals surface area contributed by atoms with Gasteiger partial charge in [0, 0.05) is 17.4 Å². The third-order valence-electron chi connectivity index (χ3n) is 5.42. The average molecular weight is 347 g/mol. The van der Waals surface area contributed by atoms with E-state index >= 15 is 0 Å². The van der Waals surface area contributed by atoms with Gasteiger partial charge in [0.25, 0.3) is 11.7 Å². The van der Waals surface area contributed by atoms with Gasteiger partial charge in [0.05, 0.1) is 6.04 Å². The van der Waals surface area contributed by atoms with Crippen LogP contribution in [0.3, 0.4) is 0 Å². The molecular weight excluding hydrogens is 326 g/mol. The minimum atomic E-state index is -0.0724. The highest BCUT2D eigenvalue weighted by atomic mass is 16.2. The van der Waals surface area contributed by atoms with Crippen LogP contribution < -0.4 is 0 Å². The number of hydrogen-bond acceptors (Lipinski definition) is 4. The summed E-state index contributed by atoms with van der Waals surface area (Å²) in [7, 11) is 0. The van der Waals surface area contributed by atoms with E-state index in [9.17, 15) is 4.79 Å². The van der Waals surface area contributed by atoms with E-state index in [0.29, 0.717) is 11.8 Å². The van der Waals surface area contributed by atoms with Gasteiger partial charge in [0.15, 0.2) is 0 Å². The number of rotatable bonds is 3. The standard InChI is InChI=1S/C20H21N5O/c1-12-11-13(2)25-20(21-12)22-18(23-25)19(26)24(15-8-9-15)17-10-7-14-5-3-4-6-16(14)17/h3-6,11,15,17H,7-10H2,1-2H3/t17-/m1/s1. The van der Waals surface area contributed by atoms with E-state index in [0.717, 1.165) is 37.1 Å². The van der Waals surface area contributed by atoms with Crippen LogP contribution in [0.15, 0.2) is 30.3 Å². The fourth-order valence-electron chi connectivity index (χ4n) is 4.11. The molecule has 2 aromatic heterocycles. The van der Waals surface area contributed by atoms with Crippen LogP contribution in [-0.2, 0) is 6.42 Å². The quantitative estimate of drug-likeness (QED) is 0.730. The fourth-order valence-corrected chi connectivity index (χ4v) is 4.11. The number of aryl methyl sites for hydroxylation is 3. The van der Waals surface area contributed by atoms with E-state index in [4.69, 9.17) is 0 Å². The van der Waals surface area contributed by atoms with Gasteiger partial charge in [-0.1, -0.05) is 24.3 Å². The van der Waals surface area contributed by atoms with Crippen molar-refractivity contribution in [2.24, 2.45) is 0 Å². The molecule has 0 saturated heterocycles. The molecule has 0 bridgehead atoms. The number of fused-ring (bicyclic) bond motifs is 2. The summed E-state index contributed by atoms with van der Waals surface area (Å²) in [6, 6.07) is 10.8. The van der Waals surface area contributed by atoms with Gasteiger partial charge in [-0.25, -0.2) is 9.50 Å². The van der Waals surface area contributed by atoms with Crippen LogP contribution in [0.25, 0.3) is 5.78 Å². The van der Waals surface area contributed by atoms with Crippen molar-refractivity contribution in [3.63, 3.8) is 0 Å². The van der Waals surface area contributed by atoms with Crippen molar-refractivity contribution >= 4 is 11.7 Å². The molecule has 1 atom stereocenters. The van der Waals surface area contributed by atoms with Crippen LogP contribution in [0, 0.1) is 13.8 Å². The first-order valence-corrected chi connectivity index (χ1v) is 9.23. The van der Waals surface area contributed by atoms with Crippen LogP contribution >= 0.6 is 0 Å². The smallest absolute Gasteiger partial charge is 0.294 e. The molecule has 3 aromatic rings. The van der Waals surface area contributed by atoms with Crippen LogP contribution in [0.1, 0.15) is 58.4 Å². The van der Waals surface area contributed by atoms with Crippen molar-refractivity contribution in [2.45, 2.75) is 51.6 Å². The third kappa shape index (κ3) is 2.40. The molecular formula is C20H21N5O. The number of benzene rings is 1. The average Bonchev–Trinajstić information content (AvgIpc) is 3.21. The lowest BCUT2D eigenvalue weighted by Gasteiger charge is -2.28. The van der Waals surface area contributed by atoms with Gasteiger partial charge < -0.3 is 4.90 Å². The van der Waals surface area contributed by atoms with Crippen molar-refractivity contribution in [3.8, 4) is 0 Å². The van der Waals surface area contributed by atoms with Crippen LogP contribution in [-0.4, -0.2) is 36.4 Å². The number of nitrogens with zero attached hydrogens (tertiary/aromatic N) is 5. The third-order valence-corrected chi connectivity index (χ3v) is 5.42. The van der Waals surface area contributed by atoms with Gasteiger partial charge in [-0.15, -0.1) is 5.10 Å². The van der Waals surface area contributed by atoms with Crippen LogP contribution in [0.2, 0.25) is 0 Å². The van der Waals surface area contributed by atoms with Gasteiger partial charge in [0.2, 0.25) is 5.82 Å². The molecule has 1 saturated carbocycles. The summed E-state index contributed by atoms with van der Waals surface area (Å²) < 4.78 is 1.66. The SMILES string of the molecule is Cc1cc(C)n2nc(C(=O)N(C3CC3)[C@@H]3CCc4ccccc43)nc2n1. The summed E-state index contributed by atoms with van der Waals surface area (Å²) in [5.74, 6) is 0.674. The predicted octanol–water partition coefficient (Wildman–Crippen LogP) is 3.03. The molecule has 1 amide bonds. The van der Waals surface area contributed by atoms with E-state index in [1.165, 1.54) is 11.1 Å². The highest BCUT2D eigenvalue weighted by Crippen LogP contribution is 2.42. The molecule has 6 nitrogen and oxygen atoms in total. The summed E-state index contributed by atoms with van der Waals surface area (Å²) >= 11 is 0. The Morgan fingerprint density at radius 3 is 2.77 bits per heavy atom. The summed E-state index contributed by atoms with van der Waals surface area (Å²) in [6.07, 6.45) is 4.13. The number of amides is 1. The Morgan fingerprint density at radius 2 is 1.96 bits per heavy atom. The second-order valence-corrected chi connectivity index (χ2v) is 7.38. The molecule has 0 spiro atoms. The highest BCUT2D eigenvalue weighted by Gasteiger charge is 2.41. The zero-order valence-electron chi connectivity index (χ0n) is 15.0. The lowest BCUT2D eigenvalue weighted by atomic mass is 10.1. The largest absolute Gasteiger partial charge is 0.326 e. The van der Waals surface area contributed by atoms with Gasteiger partial charge in [-0.2, -0.15) is 4.98 Å². The molecule has 2 aliphatic carbocycles. The van der Waals surface area contributed by atoms with E-state index in [1.807, 2.05) is 24.8 Å². The Kier molecular flexibility index (Phi) is 3.35. The first kappa shape index (κ1) is 15.5. The molecule has 1 aromatic carbocycles. The van der Waals surface area contributed by atoms with Crippen molar-refractivity contribution in [1.82, 2.24) is 24.5 Å². The summed E-state index contributed by atoms with van der Waals surface area (Å²) in [5.41, 5.74) is 4.45. The molecule has 132 valence electrons. The Bertz CT molecular complexity index is 1020. The maximum Gasteiger partial charge on any atom is 0.294 e. The zero-order chi connectivity index (χ0) is 17.8. The molecule has 2 heterocycles. The molecule has 1 fully saturated rings. The Balaban J connectivity index is 1.55. The van der Waals surface area contributed by atoms with Gasteiger partial charge >= 0.3 is 0 Å². The van der Waals surface area contributed by atoms with Crippen LogP contribution in [0.4, 0.5) is 0 Å². The monoisotopic (exact) mass is 347 g/mol. The normalized spacial score (nSPS) is 18.9. The number of carbonyl (C=O) groups excluding carboxylic acids is 1. The van der Waals surface area contributed by atoms with Crippen molar-refractivity contribution in [2.75, 3.05) is 0 Å². The van der Waals surface area contributed by atoms with Gasteiger partial charge in [-0.05, 0) is 56.7 Å². The molecule has 0 unspecified atom stereocenters. The molecule has 0 aliphatic heterocycles. The van der Waals surface area contributed by atoms with Gasteiger partial charge in [-0.3, -0.25) is 4.79 Å². The Labute approximate surface area is 151 Å². The van der Waals surface area contributed by atoms with Crippen molar-refractivity contribution < 1.29 is 4.79 Å². The Morgan fingerprint density at radius 1 is 1.15 bits per heavy atom. The summed E-state index contributed by atoms with van der Waals surface area (Å²) in [5, 5.41) is 4.46. The zero-order valence-corrected chi connectivity index (χ0v) is 15.0. The van der Waals surface area contributed by atoms with E-state index in [1.54, 1.807) is 4.52 Å². The number of hydrogen-bond donors (Lipinski definition) is 0. The maximum absolute atomic E-state index is 13.3. The highest BCUT2D eigenvalue weighted by molar-refractivity contribution is 5.91. The molecule has 0 N–H and O–H groups in total. The summed E-state index contributed by atoms with van der Waals surface area (Å²) in [6.45, 7) is 3.88. The van der Waals surface area contributed by atoms with Crippen molar-refractivity contribution in [1.29, 1.82) is 0 Å². The topological polar surface area (TPSA) is 63.4 Å². The Hall–Kier alpha value is -2.76.